The molecule has 0 aliphatic carbocycles. The van der Waals surface area contributed by atoms with Crippen LogP contribution in [0, 0.1) is 0 Å². The zero-order valence-electron chi connectivity index (χ0n) is 10.7. The molecule has 19 heavy (non-hydrogen) atoms. The van der Waals surface area contributed by atoms with E-state index in [1.165, 1.54) is 12.3 Å². The van der Waals surface area contributed by atoms with E-state index in [2.05, 4.69) is 4.98 Å². The summed E-state index contributed by atoms with van der Waals surface area (Å²) in [5.74, 6) is 0. The van der Waals surface area contributed by atoms with Crippen LogP contribution in [0.25, 0.3) is 0 Å². The van der Waals surface area contributed by atoms with Gasteiger partial charge in [0.05, 0.1) is 0 Å². The molecule has 1 aromatic heterocycles. The minimum Gasteiger partial charge on any atom is -0.388 e. The number of nitrogens with two attached hydrogens (primary N) is 1. The number of sulfonamides is 1. The van der Waals surface area contributed by atoms with Crippen molar-refractivity contribution in [2.45, 2.75) is 37.1 Å². The first-order valence-corrected chi connectivity index (χ1v) is 8.10. The molecule has 2 rings (SSSR count). The summed E-state index contributed by atoms with van der Waals surface area (Å²) in [6.07, 6.45) is 4.09. The Hall–Kier alpha value is -1.05. The van der Waals surface area contributed by atoms with E-state index in [1.54, 1.807) is 10.4 Å². The van der Waals surface area contributed by atoms with E-state index >= 15 is 0 Å². The van der Waals surface area contributed by atoms with Crippen LogP contribution < -0.4 is 5.73 Å². The lowest BCUT2D eigenvalue weighted by molar-refractivity contribution is 0.379. The zero-order chi connectivity index (χ0) is 14.0. The fourth-order valence-corrected chi connectivity index (χ4v) is 4.60. The largest absolute Gasteiger partial charge is 0.388 e. The van der Waals surface area contributed by atoms with Crippen molar-refractivity contribution >= 4 is 27.2 Å². The average Bonchev–Trinajstić information content (AvgIpc) is 2.87. The van der Waals surface area contributed by atoms with E-state index in [9.17, 15) is 8.42 Å². The number of hydrogen-bond donors (Lipinski definition) is 1. The second-order valence-electron chi connectivity index (χ2n) is 4.53. The van der Waals surface area contributed by atoms with Gasteiger partial charge in [0.25, 0.3) is 0 Å². The number of hydrogen-bond acceptors (Lipinski definition) is 4. The summed E-state index contributed by atoms with van der Waals surface area (Å²) in [5, 5.41) is 0. The summed E-state index contributed by atoms with van der Waals surface area (Å²) in [5.41, 5.74) is 5.74. The summed E-state index contributed by atoms with van der Waals surface area (Å²) in [6.45, 7) is 2.54. The number of pyridine rings is 1. The molecule has 1 saturated heterocycles. The Bertz CT molecular complexity index is 586. The Kier molecular flexibility index (Phi) is 4.17. The van der Waals surface area contributed by atoms with Gasteiger partial charge in [-0.1, -0.05) is 19.1 Å². The molecule has 1 aliphatic rings. The van der Waals surface area contributed by atoms with Gasteiger partial charge in [0, 0.05) is 18.8 Å². The van der Waals surface area contributed by atoms with Gasteiger partial charge in [0.15, 0.2) is 0 Å². The second-order valence-corrected chi connectivity index (χ2v) is 6.83. The van der Waals surface area contributed by atoms with Crippen molar-refractivity contribution in [3.05, 3.63) is 24.0 Å². The number of thiocarbonyl (C=S) groups is 1. The van der Waals surface area contributed by atoms with Crippen molar-refractivity contribution in [2.75, 3.05) is 6.54 Å². The van der Waals surface area contributed by atoms with Crippen molar-refractivity contribution in [1.29, 1.82) is 0 Å². The fraction of sp³-hybridized carbons (Fsp3) is 0.500. The van der Waals surface area contributed by atoms with Crippen molar-refractivity contribution in [1.82, 2.24) is 9.29 Å². The molecule has 0 radical (unpaired) electrons. The minimum absolute atomic E-state index is 0.00594. The second kappa shape index (κ2) is 5.52. The molecule has 1 unspecified atom stereocenters. The summed E-state index contributed by atoms with van der Waals surface area (Å²) < 4.78 is 26.9. The molecule has 0 bridgehead atoms. The molecule has 2 N–H and O–H groups in total. The number of rotatable bonds is 4. The molecule has 0 aromatic carbocycles. The lowest BCUT2D eigenvalue weighted by Crippen LogP contribution is -2.36. The molecule has 1 fully saturated rings. The maximum absolute atomic E-state index is 12.7. The van der Waals surface area contributed by atoms with E-state index in [0.29, 0.717) is 6.54 Å². The van der Waals surface area contributed by atoms with Gasteiger partial charge < -0.3 is 5.73 Å². The Labute approximate surface area is 118 Å². The molecule has 0 spiro atoms. The van der Waals surface area contributed by atoms with E-state index < -0.39 is 10.0 Å². The lowest BCUT2D eigenvalue weighted by atomic mass is 10.2. The van der Waals surface area contributed by atoms with Crippen LogP contribution >= 0.6 is 12.2 Å². The minimum atomic E-state index is -3.57. The molecule has 1 aromatic rings. The highest BCUT2D eigenvalue weighted by Gasteiger charge is 2.35. The molecular weight excluding hydrogens is 282 g/mol. The Morgan fingerprint density at radius 1 is 1.63 bits per heavy atom. The normalized spacial score (nSPS) is 20.6. The third kappa shape index (κ3) is 2.63. The van der Waals surface area contributed by atoms with Gasteiger partial charge in [0.1, 0.15) is 15.6 Å². The van der Waals surface area contributed by atoms with Gasteiger partial charge in [-0.15, -0.1) is 0 Å². The highest BCUT2D eigenvalue weighted by atomic mass is 32.2. The van der Waals surface area contributed by atoms with Crippen molar-refractivity contribution in [3.8, 4) is 0 Å². The summed E-state index contributed by atoms with van der Waals surface area (Å²) in [4.78, 5) is 4.11. The van der Waals surface area contributed by atoms with Gasteiger partial charge >= 0.3 is 0 Å². The molecular formula is C12H17N3O2S2. The molecule has 104 valence electrons. The predicted octanol–water partition coefficient (Wildman–Crippen LogP) is 1.28. The highest BCUT2D eigenvalue weighted by molar-refractivity contribution is 7.89. The van der Waals surface area contributed by atoms with E-state index in [1.807, 2.05) is 6.92 Å². The molecule has 7 heteroatoms. The molecule has 5 nitrogen and oxygen atoms in total. The molecule has 1 aliphatic heterocycles. The maximum Gasteiger partial charge on any atom is 0.245 e. The standard InChI is InChI=1S/C12H17N3O2S2/c1-2-9-5-4-8-15(9)19(16,17)10-6-3-7-14-11(10)12(13)18/h3,6-7,9H,2,4-5,8H2,1H3,(H2,13,18). The Morgan fingerprint density at radius 3 is 3.00 bits per heavy atom. The predicted molar refractivity (Wildman–Crippen MR) is 77.3 cm³/mol. The van der Waals surface area contributed by atoms with E-state index in [0.717, 1.165) is 19.3 Å². The monoisotopic (exact) mass is 299 g/mol. The average molecular weight is 299 g/mol. The summed E-state index contributed by atoms with van der Waals surface area (Å²) in [6, 6.07) is 3.16. The van der Waals surface area contributed by atoms with Gasteiger partial charge in [0.2, 0.25) is 10.0 Å². The summed E-state index contributed by atoms with van der Waals surface area (Å²) >= 11 is 4.88. The van der Waals surface area contributed by atoms with Crippen LogP contribution in [0.15, 0.2) is 23.2 Å². The Balaban J connectivity index is 2.48. The fourth-order valence-electron chi connectivity index (χ4n) is 2.44. The van der Waals surface area contributed by atoms with Gasteiger partial charge in [-0.2, -0.15) is 4.31 Å². The maximum atomic E-state index is 12.7. The number of aromatic nitrogens is 1. The van der Waals surface area contributed by atoms with Crippen LogP contribution in [-0.4, -0.2) is 35.3 Å². The SMILES string of the molecule is CCC1CCCN1S(=O)(=O)c1cccnc1C(N)=S. The number of nitrogens with zero attached hydrogens (tertiary/aromatic N) is 2. The first-order valence-electron chi connectivity index (χ1n) is 6.25. The third-order valence-corrected chi connectivity index (χ3v) is 5.56. The van der Waals surface area contributed by atoms with Crippen LogP contribution in [-0.2, 0) is 10.0 Å². The zero-order valence-corrected chi connectivity index (χ0v) is 12.4. The van der Waals surface area contributed by atoms with E-state index in [4.69, 9.17) is 18.0 Å². The summed E-state index contributed by atoms with van der Waals surface area (Å²) in [7, 11) is -3.57. The highest BCUT2D eigenvalue weighted by Crippen LogP contribution is 2.28. The first-order chi connectivity index (χ1) is 8.98. The van der Waals surface area contributed by atoms with Gasteiger partial charge in [-0.3, -0.25) is 4.98 Å². The van der Waals surface area contributed by atoms with E-state index in [-0.39, 0.29) is 21.6 Å². The van der Waals surface area contributed by atoms with Crippen LogP contribution in [0.4, 0.5) is 0 Å². The molecule has 1 atom stereocenters. The van der Waals surface area contributed by atoms with Crippen molar-refractivity contribution < 1.29 is 8.42 Å². The topological polar surface area (TPSA) is 76.3 Å². The quantitative estimate of drug-likeness (QED) is 0.848. The van der Waals surface area contributed by atoms with Crippen LogP contribution in [0.2, 0.25) is 0 Å². The van der Waals surface area contributed by atoms with Crippen LogP contribution in [0.1, 0.15) is 31.9 Å². The Morgan fingerprint density at radius 2 is 2.37 bits per heavy atom. The lowest BCUT2D eigenvalue weighted by Gasteiger charge is -2.23. The molecule has 0 amide bonds. The van der Waals surface area contributed by atoms with Crippen molar-refractivity contribution in [2.24, 2.45) is 5.73 Å². The molecule has 2 heterocycles. The molecule has 0 saturated carbocycles. The van der Waals surface area contributed by atoms with Gasteiger partial charge in [-0.25, -0.2) is 8.42 Å². The first kappa shape index (κ1) is 14.4. The smallest absolute Gasteiger partial charge is 0.245 e. The van der Waals surface area contributed by atoms with Crippen LogP contribution in [0.3, 0.4) is 0 Å². The van der Waals surface area contributed by atoms with Gasteiger partial charge in [-0.05, 0) is 31.4 Å². The third-order valence-electron chi connectivity index (χ3n) is 3.39. The van der Waals surface area contributed by atoms with Crippen molar-refractivity contribution in [3.63, 3.8) is 0 Å². The van der Waals surface area contributed by atoms with Crippen LogP contribution in [0.5, 0.6) is 0 Å².